The van der Waals surface area contributed by atoms with Crippen molar-refractivity contribution in [1.82, 2.24) is 44.2 Å². The zero-order valence-corrected chi connectivity index (χ0v) is 36.8. The van der Waals surface area contributed by atoms with Crippen LogP contribution < -0.4 is 15.6 Å². The first kappa shape index (κ1) is 46.6. The van der Waals surface area contributed by atoms with Crippen LogP contribution in [0.1, 0.15) is 58.8 Å². The van der Waals surface area contributed by atoms with Crippen LogP contribution in [0.2, 0.25) is 5.02 Å². The summed E-state index contributed by atoms with van der Waals surface area (Å²) in [5.74, 6) is -14.2. The number of fused-ring (bicyclic) bond motifs is 5. The molecule has 68 heavy (non-hydrogen) atoms. The average molecular weight is 999 g/mol. The van der Waals surface area contributed by atoms with Gasteiger partial charge < -0.3 is 5.32 Å². The van der Waals surface area contributed by atoms with Gasteiger partial charge >= 0.3 is 12.3 Å². The Balaban J connectivity index is 1.25. The maximum atomic E-state index is 15.6. The molecule has 2 aliphatic rings. The van der Waals surface area contributed by atoms with E-state index in [1.54, 1.807) is 0 Å². The van der Waals surface area contributed by atoms with E-state index in [4.69, 9.17) is 16.6 Å². The summed E-state index contributed by atoms with van der Waals surface area (Å²) >= 11 is 6.60. The standard InChI is InChI=1S/C42H33ClF10N10O4S/c1-17-8-26(56-62(17)16-41(50,51)40(48)49)19-4-5-22-27(12-19)55-38(63(39(22)65)29-7-6-25(43)32-34(29)60(2)58-37(32)59-68(3,66)67)28(11-18-9-20(44)13-21(45)10-18)54-30(64)15-61-35-31(33(57-61)36(46)47)23-14-24(23)42(35,52)53/h4-10,12-13,23-24,28,36,40H,11,14-16H2,1-3H3,(H,54,64)(H,58,59)/t23-,24+,28-/m0/s1. The summed E-state index contributed by atoms with van der Waals surface area (Å²) in [6, 6.07) is 8.49. The fourth-order valence-electron chi connectivity index (χ4n) is 8.82. The Kier molecular flexibility index (Phi) is 11.2. The highest BCUT2D eigenvalue weighted by Gasteiger charge is 2.67. The van der Waals surface area contributed by atoms with E-state index in [2.05, 4.69) is 25.3 Å². The Labute approximate surface area is 381 Å². The Bertz CT molecular complexity index is 3390. The van der Waals surface area contributed by atoms with Crippen molar-refractivity contribution < 1.29 is 57.1 Å². The first-order valence-electron chi connectivity index (χ1n) is 20.2. The fraction of sp³-hybridized carbons (Fsp3) is 0.333. The lowest BCUT2D eigenvalue weighted by atomic mass is 10.0. The van der Waals surface area contributed by atoms with Crippen molar-refractivity contribution in [2.45, 2.75) is 69.5 Å². The van der Waals surface area contributed by atoms with Crippen LogP contribution in [0.4, 0.5) is 49.7 Å². The molecule has 9 rings (SSSR count). The number of aryl methyl sites for hydroxylation is 2. The maximum absolute atomic E-state index is 15.6. The molecule has 0 bridgehead atoms. The SMILES string of the molecule is Cc1cc(-c2ccc3c(=O)n(-c4ccc(Cl)c5c(NS(C)(=O)=O)nn(C)c45)c([C@H](Cc4cc(F)cc(F)c4)NC(=O)Cn4nc(C(F)F)c5c4C(F)(F)[C@@H]4C[C@H]54)nc3c2)nn1CC(F)(F)C(F)F. The van der Waals surface area contributed by atoms with Crippen LogP contribution in [0.25, 0.3) is 38.8 Å². The first-order chi connectivity index (χ1) is 31.8. The number of hydrogen-bond donors (Lipinski definition) is 2. The number of hydrogen-bond acceptors (Lipinski definition) is 8. The molecule has 0 aliphatic heterocycles. The quantitative estimate of drug-likeness (QED) is 0.103. The van der Waals surface area contributed by atoms with Gasteiger partial charge in [-0.1, -0.05) is 17.7 Å². The summed E-state index contributed by atoms with van der Waals surface area (Å²) < 4.78 is 174. The van der Waals surface area contributed by atoms with Crippen LogP contribution >= 0.6 is 11.6 Å². The molecule has 0 radical (unpaired) electrons. The highest BCUT2D eigenvalue weighted by molar-refractivity contribution is 7.92. The van der Waals surface area contributed by atoms with Gasteiger partial charge in [0.05, 0.1) is 50.5 Å². The normalized spacial score (nSPS) is 17.1. The predicted octanol–water partition coefficient (Wildman–Crippen LogP) is 8.09. The Morgan fingerprint density at radius 1 is 0.985 bits per heavy atom. The number of carbonyl (C=O) groups is 1. The molecule has 26 heteroatoms. The number of aromatic nitrogens is 8. The highest BCUT2D eigenvalue weighted by atomic mass is 35.5. The van der Waals surface area contributed by atoms with Crippen LogP contribution in [0.3, 0.4) is 0 Å². The lowest BCUT2D eigenvalue weighted by Gasteiger charge is -2.24. The van der Waals surface area contributed by atoms with Crippen LogP contribution in [0.5, 0.6) is 0 Å². The summed E-state index contributed by atoms with van der Waals surface area (Å²) in [4.78, 5) is 34.0. The van der Waals surface area contributed by atoms with Gasteiger partial charge in [-0.3, -0.25) is 32.9 Å². The molecule has 1 fully saturated rings. The molecule has 4 heterocycles. The third-order valence-electron chi connectivity index (χ3n) is 11.8. The van der Waals surface area contributed by atoms with Gasteiger partial charge in [0.1, 0.15) is 41.9 Å². The van der Waals surface area contributed by atoms with Crippen molar-refractivity contribution in [3.63, 3.8) is 0 Å². The van der Waals surface area contributed by atoms with Gasteiger partial charge in [0, 0.05) is 42.3 Å². The Hall–Kier alpha value is -6.50. The lowest BCUT2D eigenvalue weighted by molar-refractivity contribution is -0.139. The maximum Gasteiger partial charge on any atom is 0.326 e. The van der Waals surface area contributed by atoms with E-state index in [1.165, 1.54) is 55.1 Å². The van der Waals surface area contributed by atoms with E-state index in [-0.39, 0.29) is 72.8 Å². The molecule has 0 saturated heterocycles. The second-order valence-corrected chi connectivity index (χ2v) is 18.8. The predicted molar refractivity (Wildman–Crippen MR) is 225 cm³/mol. The molecule has 7 aromatic rings. The van der Waals surface area contributed by atoms with E-state index in [1.807, 2.05) is 0 Å². The van der Waals surface area contributed by atoms with Crippen LogP contribution in [-0.2, 0) is 47.3 Å². The zero-order chi connectivity index (χ0) is 49.1. The Morgan fingerprint density at radius 2 is 1.69 bits per heavy atom. The largest absolute Gasteiger partial charge is 0.344 e. The monoisotopic (exact) mass is 998 g/mol. The number of sulfonamides is 1. The van der Waals surface area contributed by atoms with Gasteiger partial charge in [0.2, 0.25) is 15.9 Å². The minimum Gasteiger partial charge on any atom is -0.344 e. The number of carbonyl (C=O) groups excluding carboxylic acids is 1. The summed E-state index contributed by atoms with van der Waals surface area (Å²) in [6.45, 7) is -1.22. The molecule has 2 N–H and O–H groups in total. The first-order valence-corrected chi connectivity index (χ1v) is 22.5. The number of nitrogens with zero attached hydrogens (tertiary/aromatic N) is 8. The van der Waals surface area contributed by atoms with Crippen molar-refractivity contribution in [3.8, 4) is 16.9 Å². The van der Waals surface area contributed by atoms with E-state index >= 15 is 13.6 Å². The van der Waals surface area contributed by atoms with E-state index in [0.717, 1.165) is 23.0 Å². The smallest absolute Gasteiger partial charge is 0.326 e. The van der Waals surface area contributed by atoms with Crippen molar-refractivity contribution >= 4 is 55.2 Å². The van der Waals surface area contributed by atoms with Gasteiger partial charge in [0.15, 0.2) is 5.82 Å². The molecule has 3 aromatic carbocycles. The van der Waals surface area contributed by atoms with Gasteiger partial charge in [-0.15, -0.1) is 0 Å². The molecule has 0 unspecified atom stereocenters. The van der Waals surface area contributed by atoms with Crippen LogP contribution in [0, 0.1) is 24.5 Å². The summed E-state index contributed by atoms with van der Waals surface area (Å²) in [6.07, 6.45) is -7.09. The fourth-order valence-corrected chi connectivity index (χ4v) is 9.56. The number of rotatable bonds is 14. The number of alkyl halides is 8. The van der Waals surface area contributed by atoms with Gasteiger partial charge in [-0.25, -0.2) is 39.7 Å². The van der Waals surface area contributed by atoms with Crippen molar-refractivity contribution in [3.05, 3.63) is 116 Å². The molecule has 14 nitrogen and oxygen atoms in total. The molecule has 358 valence electrons. The van der Waals surface area contributed by atoms with E-state index in [0.29, 0.717) is 15.4 Å². The highest BCUT2D eigenvalue weighted by Crippen LogP contribution is 2.68. The molecule has 3 atom stereocenters. The molecule has 1 saturated carbocycles. The van der Waals surface area contributed by atoms with E-state index < -0.39 is 112 Å². The number of halogens is 11. The summed E-state index contributed by atoms with van der Waals surface area (Å²) in [7, 11) is -2.61. The molecule has 0 spiro atoms. The van der Waals surface area contributed by atoms with Crippen molar-refractivity contribution in [2.24, 2.45) is 13.0 Å². The summed E-state index contributed by atoms with van der Waals surface area (Å²) in [5, 5.41) is 14.3. The number of nitrogens with one attached hydrogen (secondary N) is 2. The minimum absolute atomic E-state index is 0.000639. The molecule has 4 aromatic heterocycles. The van der Waals surface area contributed by atoms with Crippen molar-refractivity contribution in [1.29, 1.82) is 0 Å². The lowest BCUT2D eigenvalue weighted by Crippen LogP contribution is -2.38. The molecule has 2 aliphatic carbocycles. The third-order valence-corrected chi connectivity index (χ3v) is 12.6. The second-order valence-electron chi connectivity index (χ2n) is 16.6. The van der Waals surface area contributed by atoms with Crippen molar-refractivity contribution in [2.75, 3.05) is 11.0 Å². The van der Waals surface area contributed by atoms with E-state index in [9.17, 15) is 48.3 Å². The average Bonchev–Trinajstić information content (AvgIpc) is 3.57. The third kappa shape index (κ3) is 8.21. The molecular formula is C42H33ClF10N10O4S. The van der Waals surface area contributed by atoms with Gasteiger partial charge in [-0.2, -0.15) is 32.9 Å². The van der Waals surface area contributed by atoms with Gasteiger partial charge in [-0.05, 0) is 67.3 Å². The number of amides is 1. The Morgan fingerprint density at radius 3 is 2.35 bits per heavy atom. The topological polar surface area (TPSA) is 164 Å². The molecular weight excluding hydrogens is 966 g/mol. The zero-order valence-electron chi connectivity index (χ0n) is 35.2. The summed E-state index contributed by atoms with van der Waals surface area (Å²) in [5.41, 5.74) is -3.31. The molecule has 1 amide bonds. The second kappa shape index (κ2) is 16.3. The minimum atomic E-state index is -4.45. The number of anilines is 1. The van der Waals surface area contributed by atoms with Gasteiger partial charge in [0.25, 0.3) is 17.9 Å². The number of benzene rings is 3. The van der Waals surface area contributed by atoms with Crippen LogP contribution in [-0.4, -0.2) is 71.8 Å². The van der Waals surface area contributed by atoms with Crippen LogP contribution in [0.15, 0.2) is 59.4 Å².